The summed E-state index contributed by atoms with van der Waals surface area (Å²) >= 11 is 6.61. The van der Waals surface area contributed by atoms with Crippen molar-refractivity contribution < 1.29 is 19.4 Å². The molecule has 0 spiro atoms. The molecule has 0 bridgehead atoms. The van der Waals surface area contributed by atoms with Crippen molar-refractivity contribution in [1.82, 2.24) is 14.3 Å². The smallest absolute Gasteiger partial charge is 0.267 e. The van der Waals surface area contributed by atoms with Gasteiger partial charge in [-0.1, -0.05) is 30.0 Å². The Balaban J connectivity index is 1.66. The van der Waals surface area contributed by atoms with Crippen molar-refractivity contribution >= 4 is 51.7 Å². The van der Waals surface area contributed by atoms with Crippen molar-refractivity contribution in [3.8, 4) is 0 Å². The number of thiocarbonyl (C=S) groups is 1. The van der Waals surface area contributed by atoms with Crippen LogP contribution >= 0.6 is 24.0 Å². The van der Waals surface area contributed by atoms with E-state index in [9.17, 15) is 9.59 Å². The zero-order valence-electron chi connectivity index (χ0n) is 18.3. The molecule has 1 atom stereocenters. The third-order valence-corrected chi connectivity index (χ3v) is 6.80. The number of fused-ring (bicyclic) bond motifs is 1. The van der Waals surface area contributed by atoms with Gasteiger partial charge >= 0.3 is 0 Å². The predicted molar refractivity (Wildman–Crippen MR) is 131 cm³/mol. The minimum Gasteiger partial charge on any atom is -0.394 e. The Hall–Kier alpha value is -2.31. The molecule has 0 aromatic carbocycles. The lowest BCUT2D eigenvalue weighted by Gasteiger charge is -2.18. The van der Waals surface area contributed by atoms with E-state index in [1.807, 2.05) is 13.0 Å². The molecule has 2 aliphatic heterocycles. The van der Waals surface area contributed by atoms with Crippen LogP contribution in [0.25, 0.3) is 11.7 Å². The summed E-state index contributed by atoms with van der Waals surface area (Å²) in [6.45, 7) is 3.89. The molecule has 2 aromatic heterocycles. The first-order valence-electron chi connectivity index (χ1n) is 10.8. The molecule has 2 fully saturated rings. The number of aliphatic hydroxyl groups is 1. The number of hydrogen-bond acceptors (Lipinski definition) is 9. The molecular formula is C22H26N4O5S2. The van der Waals surface area contributed by atoms with Gasteiger partial charge in [0, 0.05) is 19.3 Å². The summed E-state index contributed by atoms with van der Waals surface area (Å²) in [6, 6.07) is 3.66. The fraction of sp³-hybridized carbons (Fsp3) is 0.455. The molecule has 4 rings (SSSR count). The van der Waals surface area contributed by atoms with Gasteiger partial charge in [0.15, 0.2) is 0 Å². The molecule has 33 heavy (non-hydrogen) atoms. The molecule has 2 aromatic rings. The highest BCUT2D eigenvalue weighted by Gasteiger charge is 2.35. The van der Waals surface area contributed by atoms with E-state index >= 15 is 0 Å². The van der Waals surface area contributed by atoms with Crippen LogP contribution in [0.5, 0.6) is 0 Å². The number of aliphatic hydroxyl groups excluding tert-OH is 1. The Morgan fingerprint density at radius 3 is 3.03 bits per heavy atom. The van der Waals surface area contributed by atoms with Gasteiger partial charge < -0.3 is 19.9 Å². The van der Waals surface area contributed by atoms with Crippen LogP contribution in [0.2, 0.25) is 0 Å². The SMILES string of the molecule is Cc1cccn2c(=O)c(/C=C3/SC(=S)N(CC4CCCO4)C3=O)c(NCCOCCO)nc12. The Morgan fingerprint density at radius 2 is 2.27 bits per heavy atom. The number of pyridine rings is 1. The summed E-state index contributed by atoms with van der Waals surface area (Å²) in [5, 5.41) is 12.0. The number of carbonyl (C=O) groups is 1. The third kappa shape index (κ3) is 5.28. The minimum atomic E-state index is -0.285. The average molecular weight is 491 g/mol. The highest BCUT2D eigenvalue weighted by molar-refractivity contribution is 8.26. The average Bonchev–Trinajstić information content (AvgIpc) is 3.40. The van der Waals surface area contributed by atoms with Crippen LogP contribution in [0.1, 0.15) is 24.0 Å². The van der Waals surface area contributed by atoms with E-state index in [1.165, 1.54) is 16.2 Å². The predicted octanol–water partition coefficient (Wildman–Crippen LogP) is 1.80. The quantitative estimate of drug-likeness (QED) is 0.309. The first-order chi connectivity index (χ1) is 16.0. The van der Waals surface area contributed by atoms with Crippen LogP contribution in [0, 0.1) is 6.92 Å². The Labute approximate surface area is 200 Å². The number of nitrogens with zero attached hydrogens (tertiary/aromatic N) is 3. The number of hydrogen-bond donors (Lipinski definition) is 2. The molecular weight excluding hydrogens is 464 g/mol. The van der Waals surface area contributed by atoms with E-state index in [0.29, 0.717) is 47.0 Å². The molecule has 2 aliphatic rings. The third-order valence-electron chi connectivity index (χ3n) is 5.42. The summed E-state index contributed by atoms with van der Waals surface area (Å²) < 4.78 is 12.9. The Bertz CT molecular complexity index is 1140. The van der Waals surface area contributed by atoms with Crippen molar-refractivity contribution in [2.24, 2.45) is 0 Å². The van der Waals surface area contributed by atoms with Gasteiger partial charge in [0.1, 0.15) is 15.8 Å². The van der Waals surface area contributed by atoms with Gasteiger partial charge in [0.25, 0.3) is 11.5 Å². The maximum atomic E-state index is 13.4. The number of aryl methyl sites for hydroxylation is 1. The molecule has 4 heterocycles. The normalized spacial score (nSPS) is 19.9. The zero-order chi connectivity index (χ0) is 23.4. The Kier molecular flexibility index (Phi) is 7.76. The fourth-order valence-electron chi connectivity index (χ4n) is 3.77. The number of aromatic nitrogens is 2. The monoisotopic (exact) mass is 490 g/mol. The van der Waals surface area contributed by atoms with Crippen LogP contribution in [-0.4, -0.2) is 75.2 Å². The van der Waals surface area contributed by atoms with Gasteiger partial charge in [0.05, 0.1) is 42.9 Å². The first kappa shape index (κ1) is 23.8. The molecule has 1 unspecified atom stereocenters. The fourth-order valence-corrected chi connectivity index (χ4v) is 5.02. The topological polar surface area (TPSA) is 105 Å². The van der Waals surface area contributed by atoms with Crippen molar-refractivity contribution in [2.45, 2.75) is 25.9 Å². The van der Waals surface area contributed by atoms with Crippen LogP contribution in [0.3, 0.4) is 0 Å². The summed E-state index contributed by atoms with van der Waals surface area (Å²) in [6.07, 6.45) is 5.09. The molecule has 2 saturated heterocycles. The van der Waals surface area contributed by atoms with E-state index in [0.717, 1.165) is 18.4 Å². The number of amides is 1. The highest BCUT2D eigenvalue weighted by atomic mass is 32.2. The second-order valence-electron chi connectivity index (χ2n) is 7.75. The molecule has 2 N–H and O–H groups in total. The van der Waals surface area contributed by atoms with Crippen molar-refractivity contribution in [3.63, 3.8) is 0 Å². The molecule has 1 amide bonds. The molecule has 11 heteroatoms. The largest absolute Gasteiger partial charge is 0.394 e. The van der Waals surface area contributed by atoms with E-state index in [2.05, 4.69) is 10.3 Å². The molecule has 0 radical (unpaired) electrons. The first-order valence-corrected chi connectivity index (χ1v) is 12.0. The number of carbonyl (C=O) groups excluding carboxylic acids is 1. The number of ether oxygens (including phenoxy) is 2. The van der Waals surface area contributed by atoms with Crippen LogP contribution in [0.4, 0.5) is 5.82 Å². The second-order valence-corrected chi connectivity index (χ2v) is 9.43. The number of rotatable bonds is 9. The number of thioether (sulfide) groups is 1. The lowest BCUT2D eigenvalue weighted by atomic mass is 10.2. The molecule has 9 nitrogen and oxygen atoms in total. The molecule has 0 saturated carbocycles. The maximum Gasteiger partial charge on any atom is 0.267 e. The standard InChI is InChI=1S/C22H26N4O5S2/c1-14-4-2-7-25-19(14)24-18(23-6-10-30-11-8-27)16(20(25)28)12-17-21(29)26(22(32)33-17)13-15-5-3-9-31-15/h2,4,7,12,15,23,27H,3,5-6,8-11,13H2,1H3/b17-12+. The van der Waals surface area contributed by atoms with Gasteiger partial charge in [-0.25, -0.2) is 4.98 Å². The van der Waals surface area contributed by atoms with Crippen LogP contribution in [-0.2, 0) is 14.3 Å². The summed E-state index contributed by atoms with van der Waals surface area (Å²) in [4.78, 5) is 33.0. The summed E-state index contributed by atoms with van der Waals surface area (Å²) in [5.74, 6) is 0.137. The summed E-state index contributed by atoms with van der Waals surface area (Å²) in [7, 11) is 0. The van der Waals surface area contributed by atoms with Gasteiger partial charge in [0.2, 0.25) is 0 Å². The van der Waals surface area contributed by atoms with Gasteiger partial charge in [-0.05, 0) is 37.5 Å². The van der Waals surface area contributed by atoms with E-state index in [1.54, 1.807) is 23.2 Å². The highest BCUT2D eigenvalue weighted by Crippen LogP contribution is 2.34. The van der Waals surface area contributed by atoms with E-state index in [-0.39, 0.29) is 36.3 Å². The zero-order valence-corrected chi connectivity index (χ0v) is 19.9. The molecule has 176 valence electrons. The van der Waals surface area contributed by atoms with Gasteiger partial charge in [-0.3, -0.25) is 18.9 Å². The second kappa shape index (κ2) is 10.7. The molecule has 0 aliphatic carbocycles. The Morgan fingerprint density at radius 1 is 1.42 bits per heavy atom. The minimum absolute atomic E-state index is 0.0149. The van der Waals surface area contributed by atoms with Crippen molar-refractivity contribution in [2.75, 3.05) is 44.8 Å². The lowest BCUT2D eigenvalue weighted by Crippen LogP contribution is -2.35. The maximum absolute atomic E-state index is 13.4. The van der Waals surface area contributed by atoms with Crippen molar-refractivity contribution in [3.05, 3.63) is 44.7 Å². The van der Waals surface area contributed by atoms with E-state index in [4.69, 9.17) is 26.8 Å². The lowest BCUT2D eigenvalue weighted by molar-refractivity contribution is -0.123. The van der Waals surface area contributed by atoms with Gasteiger partial charge in [-0.15, -0.1) is 0 Å². The van der Waals surface area contributed by atoms with Crippen LogP contribution in [0.15, 0.2) is 28.0 Å². The number of anilines is 1. The number of nitrogens with one attached hydrogen (secondary N) is 1. The van der Waals surface area contributed by atoms with Crippen molar-refractivity contribution in [1.29, 1.82) is 0 Å². The van der Waals surface area contributed by atoms with E-state index < -0.39 is 0 Å². The summed E-state index contributed by atoms with van der Waals surface area (Å²) in [5.41, 5.74) is 1.37. The van der Waals surface area contributed by atoms with Gasteiger partial charge in [-0.2, -0.15) is 0 Å². The van der Waals surface area contributed by atoms with Crippen LogP contribution < -0.4 is 10.9 Å².